The molecule has 0 atom stereocenters. The maximum absolute atomic E-state index is 12.3. The predicted molar refractivity (Wildman–Crippen MR) is 110 cm³/mol. The summed E-state index contributed by atoms with van der Waals surface area (Å²) in [6.45, 7) is 12.8. The summed E-state index contributed by atoms with van der Waals surface area (Å²) in [4.78, 5) is 12.3. The average molecular weight is 369 g/mol. The van der Waals surface area contributed by atoms with Gasteiger partial charge < -0.3 is 9.84 Å². The van der Waals surface area contributed by atoms with Crippen molar-refractivity contribution < 1.29 is 14.6 Å². The van der Waals surface area contributed by atoms with Crippen LogP contribution in [0.4, 0.5) is 0 Å². The summed E-state index contributed by atoms with van der Waals surface area (Å²) >= 11 is 0. The van der Waals surface area contributed by atoms with Crippen molar-refractivity contribution in [3.63, 3.8) is 0 Å². The number of aromatic hydroxyl groups is 1. The molecule has 0 bridgehead atoms. The molecule has 0 aliphatic carbocycles. The van der Waals surface area contributed by atoms with Gasteiger partial charge in [0.2, 0.25) is 0 Å². The van der Waals surface area contributed by atoms with Gasteiger partial charge in [0.15, 0.2) is 0 Å². The molecule has 2 rings (SSSR count). The highest BCUT2D eigenvalue weighted by Gasteiger charge is 2.27. The molecule has 0 saturated carbocycles. The lowest BCUT2D eigenvalue weighted by atomic mass is 9.78. The van der Waals surface area contributed by atoms with Gasteiger partial charge in [0.25, 0.3) is 0 Å². The number of carbonyl (C=O) groups is 1. The van der Waals surface area contributed by atoms with Crippen molar-refractivity contribution >= 4 is 5.97 Å². The van der Waals surface area contributed by atoms with Crippen molar-refractivity contribution in [1.82, 2.24) is 0 Å². The topological polar surface area (TPSA) is 46.5 Å². The number of carbonyl (C=O) groups excluding carboxylic acids is 1. The molecule has 0 unspecified atom stereocenters. The average Bonchev–Trinajstić information content (AvgIpc) is 2.55. The molecule has 27 heavy (non-hydrogen) atoms. The van der Waals surface area contributed by atoms with E-state index in [2.05, 4.69) is 41.5 Å². The van der Waals surface area contributed by atoms with E-state index in [1.54, 1.807) is 0 Å². The zero-order chi connectivity index (χ0) is 20.2. The van der Waals surface area contributed by atoms with Crippen LogP contribution in [0.25, 0.3) is 0 Å². The lowest BCUT2D eigenvalue weighted by Crippen LogP contribution is -2.19. The van der Waals surface area contributed by atoms with Gasteiger partial charge in [-0.3, -0.25) is 4.79 Å². The van der Waals surface area contributed by atoms with E-state index in [0.717, 1.165) is 22.3 Å². The number of rotatable bonds is 5. The van der Waals surface area contributed by atoms with Crippen LogP contribution in [0.2, 0.25) is 0 Å². The minimum Gasteiger partial charge on any atom is -0.507 e. The number of esters is 1. The molecule has 0 spiro atoms. The van der Waals surface area contributed by atoms with Crippen molar-refractivity contribution in [2.24, 2.45) is 0 Å². The van der Waals surface area contributed by atoms with Crippen molar-refractivity contribution in [2.45, 2.75) is 65.2 Å². The smallest absolute Gasteiger partial charge is 0.310 e. The standard InChI is InChI=1S/C24H32O3/c1-23(2,3)19-14-18(15-20(22(19)26)24(4,5)6)16-21(25)27-13-12-17-10-8-7-9-11-17/h7-11,14-15,26H,12-13,16H2,1-6H3. The summed E-state index contributed by atoms with van der Waals surface area (Å²) in [5, 5.41) is 10.8. The van der Waals surface area contributed by atoms with Crippen molar-refractivity contribution in [3.05, 3.63) is 64.7 Å². The summed E-state index contributed by atoms with van der Waals surface area (Å²) in [5.41, 5.74) is 3.34. The first kappa shape index (κ1) is 21.0. The molecule has 2 aromatic rings. The Morgan fingerprint density at radius 1 is 0.889 bits per heavy atom. The zero-order valence-corrected chi connectivity index (χ0v) is 17.4. The van der Waals surface area contributed by atoms with Crippen LogP contribution >= 0.6 is 0 Å². The summed E-state index contributed by atoms with van der Waals surface area (Å²) in [7, 11) is 0. The molecule has 1 N–H and O–H groups in total. The second-order valence-corrected chi connectivity index (χ2v) is 9.17. The van der Waals surface area contributed by atoms with Gasteiger partial charge in [0.05, 0.1) is 13.0 Å². The minimum absolute atomic E-state index is 0.210. The highest BCUT2D eigenvalue weighted by Crippen LogP contribution is 2.39. The Balaban J connectivity index is 2.14. The minimum atomic E-state index is -0.240. The lowest BCUT2D eigenvalue weighted by Gasteiger charge is -2.28. The van der Waals surface area contributed by atoms with Gasteiger partial charge in [-0.05, 0) is 33.1 Å². The molecule has 3 nitrogen and oxygen atoms in total. The maximum Gasteiger partial charge on any atom is 0.310 e. The summed E-state index contributed by atoms with van der Waals surface area (Å²) < 4.78 is 5.43. The van der Waals surface area contributed by atoms with E-state index in [1.165, 1.54) is 0 Å². The molecule has 0 radical (unpaired) electrons. The largest absolute Gasteiger partial charge is 0.507 e. The Kier molecular flexibility index (Phi) is 6.35. The van der Waals surface area contributed by atoms with Gasteiger partial charge in [-0.15, -0.1) is 0 Å². The number of ether oxygens (including phenoxy) is 1. The molecule has 0 heterocycles. The lowest BCUT2D eigenvalue weighted by molar-refractivity contribution is -0.142. The Hall–Kier alpha value is -2.29. The van der Waals surface area contributed by atoms with Gasteiger partial charge in [-0.2, -0.15) is 0 Å². The quantitative estimate of drug-likeness (QED) is 0.727. The third kappa shape index (κ3) is 5.85. The fourth-order valence-electron chi connectivity index (χ4n) is 3.08. The van der Waals surface area contributed by atoms with Crippen LogP contribution in [0.15, 0.2) is 42.5 Å². The van der Waals surface area contributed by atoms with Gasteiger partial charge >= 0.3 is 5.97 Å². The zero-order valence-electron chi connectivity index (χ0n) is 17.4. The molecular weight excluding hydrogens is 336 g/mol. The SMILES string of the molecule is CC(C)(C)c1cc(CC(=O)OCCc2ccccc2)cc(C(C)(C)C)c1O. The van der Waals surface area contributed by atoms with E-state index in [-0.39, 0.29) is 23.2 Å². The highest BCUT2D eigenvalue weighted by atomic mass is 16.5. The fourth-order valence-corrected chi connectivity index (χ4v) is 3.08. The van der Waals surface area contributed by atoms with E-state index in [1.807, 2.05) is 42.5 Å². The highest BCUT2D eigenvalue weighted by molar-refractivity contribution is 5.73. The van der Waals surface area contributed by atoms with Crippen LogP contribution in [-0.4, -0.2) is 17.7 Å². The Labute approximate surface area is 163 Å². The summed E-state index contributed by atoms with van der Waals surface area (Å²) in [5.74, 6) is 0.0903. The molecule has 0 aliphatic rings. The van der Waals surface area contributed by atoms with Crippen molar-refractivity contribution in [1.29, 1.82) is 0 Å². The van der Waals surface area contributed by atoms with Gasteiger partial charge in [-0.1, -0.05) is 84.0 Å². The van der Waals surface area contributed by atoms with Gasteiger partial charge in [-0.25, -0.2) is 0 Å². The molecule has 3 heteroatoms. The van der Waals surface area contributed by atoms with Crippen molar-refractivity contribution in [2.75, 3.05) is 6.61 Å². The second-order valence-electron chi connectivity index (χ2n) is 9.17. The van der Waals surface area contributed by atoms with Gasteiger partial charge in [0.1, 0.15) is 5.75 Å². The Morgan fingerprint density at radius 3 is 1.89 bits per heavy atom. The molecule has 2 aromatic carbocycles. The molecule has 0 aliphatic heterocycles. The van der Waals surface area contributed by atoms with E-state index in [4.69, 9.17) is 4.74 Å². The molecule has 0 saturated heterocycles. The normalized spacial score (nSPS) is 12.1. The molecule has 0 amide bonds. The first-order valence-corrected chi connectivity index (χ1v) is 9.55. The van der Waals surface area contributed by atoms with E-state index >= 15 is 0 Å². The molecular formula is C24H32O3. The number of hydrogen-bond acceptors (Lipinski definition) is 3. The summed E-state index contributed by atoms with van der Waals surface area (Å²) in [6, 6.07) is 13.9. The van der Waals surface area contributed by atoms with E-state index in [9.17, 15) is 9.90 Å². The number of phenols is 1. The Morgan fingerprint density at radius 2 is 1.41 bits per heavy atom. The second kappa shape index (κ2) is 8.16. The van der Waals surface area contributed by atoms with Crippen LogP contribution in [0.3, 0.4) is 0 Å². The van der Waals surface area contributed by atoms with Crippen LogP contribution in [-0.2, 0) is 33.2 Å². The van der Waals surface area contributed by atoms with E-state index in [0.29, 0.717) is 18.8 Å². The van der Waals surface area contributed by atoms with Crippen molar-refractivity contribution in [3.8, 4) is 5.75 Å². The Bertz CT molecular complexity index is 743. The number of benzene rings is 2. The third-order valence-corrected chi connectivity index (χ3v) is 4.63. The molecule has 0 fully saturated rings. The number of hydrogen-bond donors (Lipinski definition) is 1. The predicted octanol–water partition coefficient (Wildman–Crippen LogP) is 5.32. The van der Waals surface area contributed by atoms with Crippen LogP contribution in [0.5, 0.6) is 5.75 Å². The summed E-state index contributed by atoms with van der Waals surface area (Å²) in [6.07, 6.45) is 0.921. The monoisotopic (exact) mass is 368 g/mol. The van der Waals surface area contributed by atoms with Crippen LogP contribution in [0, 0.1) is 0 Å². The van der Waals surface area contributed by atoms with Crippen LogP contribution in [0.1, 0.15) is 63.8 Å². The number of phenolic OH excluding ortho intramolecular Hbond substituents is 1. The molecule has 0 aromatic heterocycles. The fraction of sp³-hybridized carbons (Fsp3) is 0.458. The first-order valence-electron chi connectivity index (χ1n) is 9.55. The van der Waals surface area contributed by atoms with E-state index < -0.39 is 0 Å². The maximum atomic E-state index is 12.3. The third-order valence-electron chi connectivity index (χ3n) is 4.63. The molecule has 146 valence electrons. The first-order chi connectivity index (χ1) is 12.5. The van der Waals surface area contributed by atoms with Gasteiger partial charge in [0, 0.05) is 6.42 Å². The van der Waals surface area contributed by atoms with Crippen LogP contribution < -0.4 is 0 Å².